The molecule has 0 spiro atoms. The number of alkyl halides is 3. The molecular formula is C22H26F3NO5. The van der Waals surface area contributed by atoms with Gasteiger partial charge in [0, 0.05) is 6.54 Å². The van der Waals surface area contributed by atoms with Crippen LogP contribution in [0.15, 0.2) is 54.6 Å². The van der Waals surface area contributed by atoms with E-state index in [1.807, 2.05) is 18.2 Å². The lowest BCUT2D eigenvalue weighted by Crippen LogP contribution is -2.21. The first-order valence-electron chi connectivity index (χ1n) is 9.67. The van der Waals surface area contributed by atoms with Crippen LogP contribution in [-0.2, 0) is 22.4 Å². The Hall–Kier alpha value is -3.07. The van der Waals surface area contributed by atoms with Crippen LogP contribution < -0.4 is 10.1 Å². The molecule has 31 heavy (non-hydrogen) atoms. The predicted molar refractivity (Wildman–Crippen MR) is 109 cm³/mol. The Morgan fingerprint density at radius 3 is 2.00 bits per heavy atom. The molecule has 0 bridgehead atoms. The van der Waals surface area contributed by atoms with E-state index in [4.69, 9.17) is 19.7 Å². The average Bonchev–Trinajstić information content (AvgIpc) is 2.72. The van der Waals surface area contributed by atoms with Crippen LogP contribution in [0.4, 0.5) is 13.2 Å². The number of carbonyl (C=O) groups is 2. The quantitative estimate of drug-likeness (QED) is 0.457. The first-order valence-corrected chi connectivity index (χ1v) is 9.67. The molecule has 0 aliphatic carbocycles. The minimum absolute atomic E-state index is 0.162. The third-order valence-electron chi connectivity index (χ3n) is 3.99. The summed E-state index contributed by atoms with van der Waals surface area (Å²) < 4.78 is 37.5. The molecule has 2 rings (SSSR count). The second kappa shape index (κ2) is 14.0. The SMILES string of the molecule is O=C(O)C(F)(F)F.O=C(O)CCNCCc1ccc(OCCCc2ccccc2)cc1. The van der Waals surface area contributed by atoms with E-state index < -0.39 is 18.1 Å². The summed E-state index contributed by atoms with van der Waals surface area (Å²) in [4.78, 5) is 19.3. The van der Waals surface area contributed by atoms with Crippen molar-refractivity contribution in [1.82, 2.24) is 5.32 Å². The lowest BCUT2D eigenvalue weighted by Gasteiger charge is -2.08. The number of hydrogen-bond donors (Lipinski definition) is 3. The van der Waals surface area contributed by atoms with Crippen LogP contribution >= 0.6 is 0 Å². The molecule has 0 saturated heterocycles. The van der Waals surface area contributed by atoms with E-state index in [0.29, 0.717) is 13.2 Å². The van der Waals surface area contributed by atoms with Gasteiger partial charge in [0.15, 0.2) is 0 Å². The van der Waals surface area contributed by atoms with E-state index in [0.717, 1.165) is 31.6 Å². The summed E-state index contributed by atoms with van der Waals surface area (Å²) in [7, 11) is 0. The Kier molecular flexibility index (Phi) is 11.7. The van der Waals surface area contributed by atoms with Crippen molar-refractivity contribution in [3.63, 3.8) is 0 Å². The molecule has 0 aromatic heterocycles. The van der Waals surface area contributed by atoms with Gasteiger partial charge >= 0.3 is 18.1 Å². The fourth-order valence-corrected chi connectivity index (χ4v) is 2.42. The molecule has 0 saturated carbocycles. The number of nitrogens with one attached hydrogen (secondary N) is 1. The minimum Gasteiger partial charge on any atom is -0.494 e. The monoisotopic (exact) mass is 441 g/mol. The summed E-state index contributed by atoms with van der Waals surface area (Å²) in [5, 5.41) is 18.8. The van der Waals surface area contributed by atoms with Gasteiger partial charge in [0.25, 0.3) is 0 Å². The van der Waals surface area contributed by atoms with Gasteiger partial charge in [0.05, 0.1) is 13.0 Å². The predicted octanol–water partition coefficient (Wildman–Crippen LogP) is 3.94. The number of halogens is 3. The highest BCUT2D eigenvalue weighted by Crippen LogP contribution is 2.14. The third-order valence-corrected chi connectivity index (χ3v) is 3.99. The van der Waals surface area contributed by atoms with Crippen LogP contribution in [0, 0.1) is 0 Å². The summed E-state index contributed by atoms with van der Waals surface area (Å²) in [6.45, 7) is 2.01. The van der Waals surface area contributed by atoms with E-state index in [-0.39, 0.29) is 6.42 Å². The van der Waals surface area contributed by atoms with Gasteiger partial charge in [-0.1, -0.05) is 42.5 Å². The lowest BCUT2D eigenvalue weighted by atomic mass is 10.1. The summed E-state index contributed by atoms with van der Waals surface area (Å²) in [5.74, 6) is -2.63. The van der Waals surface area contributed by atoms with Crippen molar-refractivity contribution in [1.29, 1.82) is 0 Å². The van der Waals surface area contributed by atoms with E-state index in [2.05, 4.69) is 41.7 Å². The highest BCUT2D eigenvalue weighted by molar-refractivity contribution is 5.73. The summed E-state index contributed by atoms with van der Waals surface area (Å²) in [6, 6.07) is 18.5. The van der Waals surface area contributed by atoms with Crippen molar-refractivity contribution < 1.29 is 37.7 Å². The number of aliphatic carboxylic acids is 2. The van der Waals surface area contributed by atoms with Crippen LogP contribution in [0.3, 0.4) is 0 Å². The van der Waals surface area contributed by atoms with Crippen molar-refractivity contribution >= 4 is 11.9 Å². The Labute approximate surface area is 178 Å². The maximum Gasteiger partial charge on any atom is 0.490 e. The fourth-order valence-electron chi connectivity index (χ4n) is 2.42. The largest absolute Gasteiger partial charge is 0.494 e. The lowest BCUT2D eigenvalue weighted by molar-refractivity contribution is -0.192. The molecule has 3 N–H and O–H groups in total. The molecular weight excluding hydrogens is 415 g/mol. The zero-order valence-corrected chi connectivity index (χ0v) is 16.9. The van der Waals surface area contributed by atoms with Crippen LogP contribution in [0.1, 0.15) is 24.0 Å². The Bertz CT molecular complexity index is 780. The summed E-state index contributed by atoms with van der Waals surface area (Å²) in [5.41, 5.74) is 2.56. The third kappa shape index (κ3) is 13.0. The number of benzene rings is 2. The maximum atomic E-state index is 10.6. The molecule has 0 aliphatic heterocycles. The molecule has 0 radical (unpaired) electrons. The molecule has 2 aromatic rings. The number of carboxylic acids is 2. The van der Waals surface area contributed by atoms with Crippen molar-refractivity contribution in [2.24, 2.45) is 0 Å². The zero-order valence-electron chi connectivity index (χ0n) is 16.9. The van der Waals surface area contributed by atoms with Gasteiger partial charge in [-0.2, -0.15) is 13.2 Å². The summed E-state index contributed by atoms with van der Waals surface area (Å²) >= 11 is 0. The highest BCUT2D eigenvalue weighted by Gasteiger charge is 2.38. The molecule has 2 aromatic carbocycles. The highest BCUT2D eigenvalue weighted by atomic mass is 19.4. The molecule has 0 atom stereocenters. The van der Waals surface area contributed by atoms with Gasteiger partial charge in [0.1, 0.15) is 5.75 Å². The van der Waals surface area contributed by atoms with E-state index in [1.54, 1.807) is 0 Å². The van der Waals surface area contributed by atoms with Crippen molar-refractivity contribution in [3.05, 3.63) is 65.7 Å². The van der Waals surface area contributed by atoms with Gasteiger partial charge in [-0.25, -0.2) is 4.79 Å². The van der Waals surface area contributed by atoms with E-state index in [9.17, 15) is 18.0 Å². The van der Waals surface area contributed by atoms with Crippen molar-refractivity contribution in [3.8, 4) is 5.75 Å². The summed E-state index contributed by atoms with van der Waals surface area (Å²) in [6.07, 6.45) is -2.01. The van der Waals surface area contributed by atoms with Gasteiger partial charge in [-0.3, -0.25) is 4.79 Å². The van der Waals surface area contributed by atoms with E-state index in [1.165, 1.54) is 11.1 Å². The smallest absolute Gasteiger partial charge is 0.490 e. The van der Waals surface area contributed by atoms with Crippen molar-refractivity contribution in [2.75, 3.05) is 19.7 Å². The molecule has 0 aliphatic rings. The number of hydrogen-bond acceptors (Lipinski definition) is 4. The first-order chi connectivity index (χ1) is 14.7. The zero-order chi connectivity index (χ0) is 23.1. The average molecular weight is 441 g/mol. The molecule has 0 amide bonds. The molecule has 0 unspecified atom stereocenters. The molecule has 0 heterocycles. The number of aryl methyl sites for hydroxylation is 1. The number of carboxylic acid groups (broad SMARTS) is 2. The second-order valence-corrected chi connectivity index (χ2v) is 6.53. The topological polar surface area (TPSA) is 95.9 Å². The standard InChI is InChI=1S/C20H25NO3.C2HF3O2/c22-20(23)13-15-21-14-12-18-8-10-19(11-9-18)24-16-4-7-17-5-2-1-3-6-17;3-2(4,5)1(6)7/h1-3,5-6,8-11,21H,4,7,12-16H2,(H,22,23);(H,6,7). The number of rotatable bonds is 11. The number of ether oxygens (including phenoxy) is 1. The molecule has 0 fully saturated rings. The van der Waals surface area contributed by atoms with Gasteiger partial charge in [-0.15, -0.1) is 0 Å². The van der Waals surface area contributed by atoms with Gasteiger partial charge in [0.2, 0.25) is 0 Å². The fraction of sp³-hybridized carbons (Fsp3) is 0.364. The minimum atomic E-state index is -5.08. The van der Waals surface area contributed by atoms with Crippen molar-refractivity contribution in [2.45, 2.75) is 31.9 Å². The molecule has 170 valence electrons. The Balaban J connectivity index is 0.000000592. The van der Waals surface area contributed by atoms with Gasteiger partial charge in [-0.05, 0) is 49.1 Å². The maximum absolute atomic E-state index is 10.6. The normalized spacial score (nSPS) is 10.7. The Morgan fingerprint density at radius 1 is 0.871 bits per heavy atom. The molecule has 9 heteroatoms. The first kappa shape index (κ1) is 26.0. The van der Waals surface area contributed by atoms with E-state index >= 15 is 0 Å². The van der Waals surface area contributed by atoms with Crippen LogP contribution in [0.2, 0.25) is 0 Å². The van der Waals surface area contributed by atoms with Crippen LogP contribution in [0.25, 0.3) is 0 Å². The molecule has 6 nitrogen and oxygen atoms in total. The second-order valence-electron chi connectivity index (χ2n) is 6.53. The van der Waals surface area contributed by atoms with Crippen LogP contribution in [0.5, 0.6) is 5.75 Å². The Morgan fingerprint density at radius 2 is 1.45 bits per heavy atom. The van der Waals surface area contributed by atoms with Gasteiger partial charge < -0.3 is 20.3 Å². The van der Waals surface area contributed by atoms with Crippen LogP contribution in [-0.4, -0.2) is 48.0 Å².